The lowest BCUT2D eigenvalue weighted by molar-refractivity contribution is -0.0299. The van der Waals surface area contributed by atoms with E-state index in [1.807, 2.05) is 31.1 Å². The van der Waals surface area contributed by atoms with Crippen LogP contribution < -0.4 is 10.6 Å². The van der Waals surface area contributed by atoms with Gasteiger partial charge >= 0.3 is 0 Å². The van der Waals surface area contributed by atoms with Crippen LogP contribution in [0.5, 0.6) is 0 Å². The molecular formula is C19H25N5O2. The molecule has 1 fully saturated rings. The van der Waals surface area contributed by atoms with E-state index in [0.717, 1.165) is 36.5 Å². The zero-order chi connectivity index (χ0) is 18.7. The predicted octanol–water partition coefficient (Wildman–Crippen LogP) is 1.70. The van der Waals surface area contributed by atoms with Crippen molar-refractivity contribution in [2.24, 2.45) is 5.73 Å². The lowest BCUT2D eigenvalue weighted by Crippen LogP contribution is -2.38. The van der Waals surface area contributed by atoms with Crippen molar-refractivity contribution in [3.05, 3.63) is 41.7 Å². The molecule has 1 aromatic heterocycles. The summed E-state index contributed by atoms with van der Waals surface area (Å²) in [5.74, 6) is 0.178. The van der Waals surface area contributed by atoms with Crippen molar-refractivity contribution in [3.63, 3.8) is 0 Å². The number of rotatable bonds is 5. The minimum atomic E-state index is -0.453. The number of benzene rings is 1. The van der Waals surface area contributed by atoms with Crippen molar-refractivity contribution in [1.29, 1.82) is 0 Å². The highest BCUT2D eigenvalue weighted by atomic mass is 16.5. The number of carbonyl (C=O) groups is 1. The second-order valence-corrected chi connectivity index (χ2v) is 6.56. The Morgan fingerprint density at radius 3 is 2.92 bits per heavy atom. The summed E-state index contributed by atoms with van der Waals surface area (Å²) in [5.41, 5.74) is 8.46. The first kappa shape index (κ1) is 18.3. The first-order valence-corrected chi connectivity index (χ1v) is 8.78. The second-order valence-electron chi connectivity index (χ2n) is 6.56. The van der Waals surface area contributed by atoms with Gasteiger partial charge in [-0.25, -0.2) is 9.97 Å². The van der Waals surface area contributed by atoms with Crippen molar-refractivity contribution in [2.75, 3.05) is 45.2 Å². The Morgan fingerprint density at radius 2 is 2.23 bits per heavy atom. The van der Waals surface area contributed by atoms with Crippen LogP contribution in [0, 0.1) is 0 Å². The number of anilines is 1. The molecule has 7 heteroatoms. The Morgan fingerprint density at radius 1 is 1.42 bits per heavy atom. The van der Waals surface area contributed by atoms with Gasteiger partial charge in [0.15, 0.2) is 0 Å². The molecule has 1 aliphatic heterocycles. The van der Waals surface area contributed by atoms with Crippen LogP contribution in [-0.4, -0.2) is 61.1 Å². The van der Waals surface area contributed by atoms with Crippen molar-refractivity contribution in [3.8, 4) is 11.1 Å². The molecule has 1 atom stereocenters. The SMILES string of the molecule is CCN1CCOC(c2nc(N(C)C)ncc2-c2cccc(C(N)=O)c2)C1. The molecule has 1 aliphatic rings. The van der Waals surface area contributed by atoms with Crippen molar-refractivity contribution < 1.29 is 9.53 Å². The summed E-state index contributed by atoms with van der Waals surface area (Å²) in [6.45, 7) is 5.48. The fourth-order valence-electron chi connectivity index (χ4n) is 3.06. The van der Waals surface area contributed by atoms with E-state index < -0.39 is 5.91 Å². The standard InChI is InChI=1S/C19H25N5O2/c1-4-24-8-9-26-16(12-24)17-15(11-21-19(22-17)23(2)3)13-6-5-7-14(10-13)18(20)25/h5-7,10-11,16H,4,8-9,12H2,1-3H3,(H2,20,25). The summed E-state index contributed by atoms with van der Waals surface area (Å²) in [6, 6.07) is 7.24. The van der Waals surface area contributed by atoms with Crippen molar-refractivity contribution in [1.82, 2.24) is 14.9 Å². The maximum absolute atomic E-state index is 11.5. The molecule has 2 heterocycles. The zero-order valence-corrected chi connectivity index (χ0v) is 15.5. The number of hydrogen-bond acceptors (Lipinski definition) is 6. The Balaban J connectivity index is 2.07. The predicted molar refractivity (Wildman–Crippen MR) is 101 cm³/mol. The Kier molecular flexibility index (Phi) is 5.49. The topological polar surface area (TPSA) is 84.6 Å². The highest BCUT2D eigenvalue weighted by molar-refractivity contribution is 5.94. The molecule has 7 nitrogen and oxygen atoms in total. The molecule has 2 N–H and O–H groups in total. The quantitative estimate of drug-likeness (QED) is 0.879. The van der Waals surface area contributed by atoms with E-state index in [1.165, 1.54) is 0 Å². The highest BCUT2D eigenvalue weighted by Gasteiger charge is 2.26. The van der Waals surface area contributed by atoms with Gasteiger partial charge in [0, 0.05) is 44.5 Å². The average molecular weight is 355 g/mol. The number of primary amides is 1. The summed E-state index contributed by atoms with van der Waals surface area (Å²) in [7, 11) is 3.82. The number of ether oxygens (including phenoxy) is 1. The lowest BCUT2D eigenvalue weighted by Gasteiger charge is -2.32. The number of aromatic nitrogens is 2. The molecule has 1 aromatic carbocycles. The van der Waals surface area contributed by atoms with Crippen LogP contribution in [0.15, 0.2) is 30.5 Å². The van der Waals surface area contributed by atoms with Gasteiger partial charge in [-0.2, -0.15) is 0 Å². The number of morpholine rings is 1. The molecule has 3 rings (SSSR count). The van der Waals surface area contributed by atoms with Crippen LogP contribution in [-0.2, 0) is 4.74 Å². The fraction of sp³-hybridized carbons (Fsp3) is 0.421. The molecule has 1 saturated heterocycles. The summed E-state index contributed by atoms with van der Waals surface area (Å²) in [6.07, 6.45) is 1.66. The molecule has 0 bridgehead atoms. The maximum Gasteiger partial charge on any atom is 0.248 e. The van der Waals surface area contributed by atoms with E-state index >= 15 is 0 Å². The number of carbonyl (C=O) groups excluding carboxylic acids is 1. The van der Waals surface area contributed by atoms with Crippen LogP contribution in [0.2, 0.25) is 0 Å². The van der Waals surface area contributed by atoms with Crippen LogP contribution in [0.1, 0.15) is 29.1 Å². The molecule has 2 aromatic rings. The van der Waals surface area contributed by atoms with Crippen LogP contribution in [0.4, 0.5) is 5.95 Å². The average Bonchev–Trinajstić information content (AvgIpc) is 2.67. The van der Waals surface area contributed by atoms with Gasteiger partial charge in [-0.05, 0) is 24.2 Å². The number of nitrogens with two attached hydrogens (primary N) is 1. The maximum atomic E-state index is 11.5. The van der Waals surface area contributed by atoms with E-state index in [0.29, 0.717) is 18.1 Å². The fourth-order valence-corrected chi connectivity index (χ4v) is 3.06. The van der Waals surface area contributed by atoms with Gasteiger partial charge in [0.05, 0.1) is 12.3 Å². The molecule has 1 amide bonds. The first-order valence-electron chi connectivity index (χ1n) is 8.78. The van der Waals surface area contributed by atoms with Crippen molar-refractivity contribution in [2.45, 2.75) is 13.0 Å². The Bertz CT molecular complexity index is 793. The number of likely N-dealkylation sites (N-methyl/N-ethyl adjacent to an activating group) is 1. The number of amides is 1. The molecular weight excluding hydrogens is 330 g/mol. The lowest BCUT2D eigenvalue weighted by atomic mass is 9.99. The van der Waals surface area contributed by atoms with E-state index in [-0.39, 0.29) is 6.10 Å². The molecule has 0 saturated carbocycles. The summed E-state index contributed by atoms with van der Waals surface area (Å²) < 4.78 is 6.03. The van der Waals surface area contributed by atoms with Crippen LogP contribution in [0.3, 0.4) is 0 Å². The molecule has 0 spiro atoms. The van der Waals surface area contributed by atoms with Gasteiger partial charge in [0.2, 0.25) is 11.9 Å². The molecule has 1 unspecified atom stereocenters. The number of nitrogens with zero attached hydrogens (tertiary/aromatic N) is 4. The third-order valence-corrected chi connectivity index (χ3v) is 4.57. The van der Waals surface area contributed by atoms with E-state index in [2.05, 4.69) is 16.8 Å². The van der Waals surface area contributed by atoms with Gasteiger partial charge < -0.3 is 15.4 Å². The van der Waals surface area contributed by atoms with E-state index in [1.54, 1.807) is 18.3 Å². The smallest absolute Gasteiger partial charge is 0.248 e. The minimum absolute atomic E-state index is 0.141. The normalized spacial score (nSPS) is 17.9. The Labute approximate surface area is 153 Å². The van der Waals surface area contributed by atoms with E-state index in [4.69, 9.17) is 15.5 Å². The monoisotopic (exact) mass is 355 g/mol. The van der Waals surface area contributed by atoms with Crippen LogP contribution in [0.25, 0.3) is 11.1 Å². The summed E-state index contributed by atoms with van der Waals surface area (Å²) >= 11 is 0. The van der Waals surface area contributed by atoms with Gasteiger partial charge in [0.1, 0.15) is 6.10 Å². The highest BCUT2D eigenvalue weighted by Crippen LogP contribution is 2.31. The molecule has 138 valence electrons. The molecule has 26 heavy (non-hydrogen) atoms. The number of hydrogen-bond donors (Lipinski definition) is 1. The van der Waals surface area contributed by atoms with E-state index in [9.17, 15) is 4.79 Å². The third kappa shape index (κ3) is 3.84. The minimum Gasteiger partial charge on any atom is -0.369 e. The zero-order valence-electron chi connectivity index (χ0n) is 15.5. The summed E-state index contributed by atoms with van der Waals surface area (Å²) in [4.78, 5) is 25.0. The largest absolute Gasteiger partial charge is 0.369 e. The molecule has 0 aliphatic carbocycles. The molecule has 0 radical (unpaired) electrons. The summed E-state index contributed by atoms with van der Waals surface area (Å²) in [5, 5.41) is 0. The third-order valence-electron chi connectivity index (χ3n) is 4.57. The second kappa shape index (κ2) is 7.80. The van der Waals surface area contributed by atoms with Crippen LogP contribution >= 0.6 is 0 Å². The Hall–Kier alpha value is -2.51. The van der Waals surface area contributed by atoms with Gasteiger partial charge in [-0.1, -0.05) is 19.1 Å². The van der Waals surface area contributed by atoms with Gasteiger partial charge in [0.25, 0.3) is 0 Å². The van der Waals surface area contributed by atoms with Gasteiger partial charge in [-0.15, -0.1) is 0 Å². The first-order chi connectivity index (χ1) is 12.5. The van der Waals surface area contributed by atoms with Gasteiger partial charge in [-0.3, -0.25) is 9.69 Å². The van der Waals surface area contributed by atoms with Crippen molar-refractivity contribution >= 4 is 11.9 Å².